The first kappa shape index (κ1) is 9.64. The van der Waals surface area contributed by atoms with Gasteiger partial charge in [-0.05, 0) is 11.6 Å². The Kier molecular flexibility index (Phi) is 2.37. The number of carbonyl (C=O) groups is 2. The van der Waals surface area contributed by atoms with Gasteiger partial charge in [0.2, 0.25) is 11.8 Å². The predicted molar refractivity (Wildman–Crippen MR) is 52.4 cm³/mol. The molecule has 2 amide bonds. The van der Waals surface area contributed by atoms with Gasteiger partial charge in [-0.3, -0.25) is 14.6 Å². The van der Waals surface area contributed by atoms with Crippen molar-refractivity contribution in [2.75, 3.05) is 0 Å². The fourth-order valence-corrected chi connectivity index (χ4v) is 1.79. The summed E-state index contributed by atoms with van der Waals surface area (Å²) in [6, 6.07) is 3.25. The summed E-state index contributed by atoms with van der Waals surface area (Å²) in [5.74, 6) is -1.07. The Bertz CT molecular complexity index is 391. The minimum Gasteiger partial charge on any atom is -0.369 e. The van der Waals surface area contributed by atoms with Gasteiger partial charge in [0.1, 0.15) is 0 Å². The van der Waals surface area contributed by atoms with Crippen molar-refractivity contribution in [3.05, 3.63) is 30.1 Å². The molecule has 0 spiro atoms. The van der Waals surface area contributed by atoms with Crippen molar-refractivity contribution in [1.29, 1.82) is 0 Å². The van der Waals surface area contributed by atoms with Crippen molar-refractivity contribution in [2.45, 2.75) is 12.5 Å². The van der Waals surface area contributed by atoms with Gasteiger partial charge in [-0.1, -0.05) is 6.07 Å². The van der Waals surface area contributed by atoms with Crippen LogP contribution in [0.5, 0.6) is 0 Å². The molecule has 1 saturated heterocycles. The van der Waals surface area contributed by atoms with E-state index in [9.17, 15) is 9.59 Å². The maximum Gasteiger partial charge on any atom is 0.223 e. The molecule has 5 nitrogen and oxygen atoms in total. The van der Waals surface area contributed by atoms with Gasteiger partial charge in [-0.25, -0.2) is 0 Å². The van der Waals surface area contributed by atoms with Crippen LogP contribution in [0.15, 0.2) is 24.5 Å². The summed E-state index contributed by atoms with van der Waals surface area (Å²) < 4.78 is 0. The number of nitrogens with zero attached hydrogens (tertiary/aromatic N) is 1. The average molecular weight is 205 g/mol. The minimum absolute atomic E-state index is 0.146. The Morgan fingerprint density at radius 2 is 2.40 bits per heavy atom. The Morgan fingerprint density at radius 3 is 3.00 bits per heavy atom. The van der Waals surface area contributed by atoms with E-state index in [-0.39, 0.29) is 18.4 Å². The summed E-state index contributed by atoms with van der Waals surface area (Å²) in [4.78, 5) is 26.3. The second kappa shape index (κ2) is 3.68. The van der Waals surface area contributed by atoms with E-state index in [0.717, 1.165) is 5.56 Å². The molecule has 2 heterocycles. The standard InChI is InChI=1S/C10H11N3O2/c11-10(15)7-4-8(14)13-9(7)6-2-1-3-12-5-6/h1-3,5,7,9H,4H2,(H2,11,15)(H,13,14). The fraction of sp³-hybridized carbons (Fsp3) is 0.300. The molecule has 0 saturated carbocycles. The van der Waals surface area contributed by atoms with Crippen LogP contribution in [-0.4, -0.2) is 16.8 Å². The number of rotatable bonds is 2. The van der Waals surface area contributed by atoms with Crippen molar-refractivity contribution in [3.8, 4) is 0 Å². The zero-order valence-corrected chi connectivity index (χ0v) is 8.01. The highest BCUT2D eigenvalue weighted by Crippen LogP contribution is 2.29. The van der Waals surface area contributed by atoms with Gasteiger partial charge in [-0.15, -0.1) is 0 Å². The number of aromatic nitrogens is 1. The third-order valence-electron chi connectivity index (χ3n) is 2.53. The molecule has 15 heavy (non-hydrogen) atoms. The topological polar surface area (TPSA) is 85.1 Å². The molecule has 0 radical (unpaired) electrons. The van der Waals surface area contributed by atoms with E-state index in [1.54, 1.807) is 18.5 Å². The first-order valence-electron chi connectivity index (χ1n) is 4.67. The van der Waals surface area contributed by atoms with Crippen LogP contribution in [0, 0.1) is 5.92 Å². The van der Waals surface area contributed by atoms with E-state index in [1.165, 1.54) is 0 Å². The molecule has 0 bridgehead atoms. The summed E-state index contributed by atoms with van der Waals surface area (Å²) in [5.41, 5.74) is 6.05. The highest BCUT2D eigenvalue weighted by molar-refractivity contribution is 5.89. The SMILES string of the molecule is NC(=O)C1CC(=O)NC1c1cccnc1. The van der Waals surface area contributed by atoms with E-state index >= 15 is 0 Å². The third-order valence-corrected chi connectivity index (χ3v) is 2.53. The number of carbonyl (C=O) groups excluding carboxylic acids is 2. The molecular weight excluding hydrogens is 194 g/mol. The zero-order chi connectivity index (χ0) is 10.8. The summed E-state index contributed by atoms with van der Waals surface area (Å²) in [6.07, 6.45) is 3.43. The van der Waals surface area contributed by atoms with Crippen LogP contribution in [0.1, 0.15) is 18.0 Å². The second-order valence-electron chi connectivity index (χ2n) is 3.54. The summed E-state index contributed by atoms with van der Waals surface area (Å²) >= 11 is 0. The summed E-state index contributed by atoms with van der Waals surface area (Å²) in [7, 11) is 0. The quantitative estimate of drug-likeness (QED) is 0.697. The summed E-state index contributed by atoms with van der Waals surface area (Å²) in [5, 5.41) is 2.72. The average Bonchev–Trinajstić information content (AvgIpc) is 2.62. The number of nitrogens with one attached hydrogen (secondary N) is 1. The number of pyridine rings is 1. The Morgan fingerprint density at radius 1 is 1.60 bits per heavy atom. The van der Waals surface area contributed by atoms with Crippen LogP contribution in [0.2, 0.25) is 0 Å². The van der Waals surface area contributed by atoms with E-state index in [1.807, 2.05) is 6.07 Å². The molecule has 2 unspecified atom stereocenters. The Balaban J connectivity index is 2.28. The van der Waals surface area contributed by atoms with Gasteiger partial charge in [-0.2, -0.15) is 0 Å². The fourth-order valence-electron chi connectivity index (χ4n) is 1.79. The van der Waals surface area contributed by atoms with Crippen LogP contribution in [0.3, 0.4) is 0 Å². The van der Waals surface area contributed by atoms with Crippen molar-refractivity contribution < 1.29 is 9.59 Å². The molecule has 0 aliphatic carbocycles. The molecule has 1 aromatic heterocycles. The molecule has 1 aliphatic rings. The molecule has 1 aliphatic heterocycles. The third kappa shape index (κ3) is 1.81. The van der Waals surface area contributed by atoms with Crippen LogP contribution in [0.25, 0.3) is 0 Å². The molecule has 3 N–H and O–H groups in total. The maximum atomic E-state index is 11.2. The molecule has 1 aromatic rings. The van der Waals surface area contributed by atoms with Crippen molar-refractivity contribution in [1.82, 2.24) is 10.3 Å². The molecular formula is C10H11N3O2. The smallest absolute Gasteiger partial charge is 0.223 e. The van der Waals surface area contributed by atoms with Gasteiger partial charge < -0.3 is 11.1 Å². The van der Waals surface area contributed by atoms with Gasteiger partial charge in [0.05, 0.1) is 12.0 Å². The van der Waals surface area contributed by atoms with Gasteiger partial charge in [0.15, 0.2) is 0 Å². The number of hydrogen-bond donors (Lipinski definition) is 2. The molecule has 2 rings (SSSR count). The van der Waals surface area contributed by atoms with Crippen molar-refractivity contribution in [3.63, 3.8) is 0 Å². The second-order valence-corrected chi connectivity index (χ2v) is 3.54. The first-order chi connectivity index (χ1) is 7.18. The van der Waals surface area contributed by atoms with Crippen molar-refractivity contribution >= 4 is 11.8 Å². The number of amides is 2. The highest BCUT2D eigenvalue weighted by Gasteiger charge is 2.37. The molecule has 78 valence electrons. The lowest BCUT2D eigenvalue weighted by molar-refractivity contribution is -0.124. The molecule has 1 fully saturated rings. The Hall–Kier alpha value is -1.91. The molecule has 5 heteroatoms. The lowest BCUT2D eigenvalue weighted by atomic mass is 9.95. The lowest BCUT2D eigenvalue weighted by Gasteiger charge is -2.15. The molecule has 0 aromatic carbocycles. The highest BCUT2D eigenvalue weighted by atomic mass is 16.2. The van der Waals surface area contributed by atoms with Crippen LogP contribution in [-0.2, 0) is 9.59 Å². The van der Waals surface area contributed by atoms with Gasteiger partial charge in [0.25, 0.3) is 0 Å². The predicted octanol–water partition coefficient (Wildman–Crippen LogP) is -0.256. The van der Waals surface area contributed by atoms with Crippen LogP contribution < -0.4 is 11.1 Å². The van der Waals surface area contributed by atoms with E-state index in [4.69, 9.17) is 5.73 Å². The largest absolute Gasteiger partial charge is 0.369 e. The number of hydrogen-bond acceptors (Lipinski definition) is 3. The van der Waals surface area contributed by atoms with Crippen LogP contribution in [0.4, 0.5) is 0 Å². The van der Waals surface area contributed by atoms with Gasteiger partial charge >= 0.3 is 0 Å². The van der Waals surface area contributed by atoms with Gasteiger partial charge in [0, 0.05) is 18.8 Å². The summed E-state index contributed by atoms with van der Waals surface area (Å²) in [6.45, 7) is 0. The number of primary amides is 1. The molecule has 2 atom stereocenters. The maximum absolute atomic E-state index is 11.2. The monoisotopic (exact) mass is 205 g/mol. The lowest BCUT2D eigenvalue weighted by Crippen LogP contribution is -2.29. The first-order valence-corrected chi connectivity index (χ1v) is 4.67. The normalized spacial score (nSPS) is 24.9. The van der Waals surface area contributed by atoms with E-state index in [0.29, 0.717) is 0 Å². The van der Waals surface area contributed by atoms with E-state index < -0.39 is 11.8 Å². The number of nitrogens with two attached hydrogens (primary N) is 1. The van der Waals surface area contributed by atoms with Crippen LogP contribution >= 0.6 is 0 Å². The minimum atomic E-state index is -0.471. The van der Waals surface area contributed by atoms with E-state index in [2.05, 4.69) is 10.3 Å². The van der Waals surface area contributed by atoms with Crippen molar-refractivity contribution in [2.24, 2.45) is 11.7 Å². The Labute approximate surface area is 86.7 Å². The zero-order valence-electron chi connectivity index (χ0n) is 8.01.